The highest BCUT2D eigenvalue weighted by Crippen LogP contribution is 2.35. The van der Waals surface area contributed by atoms with Gasteiger partial charge < -0.3 is 9.47 Å². The molecule has 0 aromatic carbocycles. The van der Waals surface area contributed by atoms with Crippen molar-refractivity contribution < 1.29 is 14.3 Å². The molecule has 1 fully saturated rings. The van der Waals surface area contributed by atoms with Crippen molar-refractivity contribution in [2.24, 2.45) is 23.2 Å². The normalized spacial score (nSPS) is 29.1. The van der Waals surface area contributed by atoms with Crippen molar-refractivity contribution in [1.29, 1.82) is 0 Å². The minimum Gasteiger partial charge on any atom is -0.431 e. The highest BCUT2D eigenvalue weighted by atomic mass is 16.7. The van der Waals surface area contributed by atoms with Gasteiger partial charge in [0.05, 0.1) is 0 Å². The van der Waals surface area contributed by atoms with E-state index in [0.29, 0.717) is 17.8 Å². The average molecular weight is 284 g/mol. The van der Waals surface area contributed by atoms with Crippen LogP contribution in [-0.4, -0.2) is 18.4 Å². The molecule has 0 bridgehead atoms. The largest absolute Gasteiger partial charge is 0.508 e. The predicted molar refractivity (Wildman–Crippen MR) is 81.6 cm³/mol. The van der Waals surface area contributed by atoms with Crippen molar-refractivity contribution in [3.63, 3.8) is 0 Å². The average Bonchev–Trinajstić information content (AvgIpc) is 2.26. The van der Waals surface area contributed by atoms with Crippen molar-refractivity contribution >= 4 is 6.16 Å². The number of rotatable bonds is 3. The second-order valence-electron chi connectivity index (χ2n) is 7.86. The van der Waals surface area contributed by atoms with Crippen LogP contribution in [0.15, 0.2) is 0 Å². The first-order chi connectivity index (χ1) is 9.11. The number of carbonyl (C=O) groups excluding carboxylic acids is 1. The van der Waals surface area contributed by atoms with E-state index in [1.54, 1.807) is 0 Å². The first-order valence-electron chi connectivity index (χ1n) is 7.98. The maximum atomic E-state index is 12.0. The Balaban J connectivity index is 2.57. The van der Waals surface area contributed by atoms with Crippen LogP contribution in [0.4, 0.5) is 4.79 Å². The van der Waals surface area contributed by atoms with Gasteiger partial charge in [-0.1, -0.05) is 48.0 Å². The van der Waals surface area contributed by atoms with Gasteiger partial charge in [0, 0.05) is 0 Å². The lowest BCUT2D eigenvalue weighted by atomic mass is 9.75. The lowest BCUT2D eigenvalue weighted by molar-refractivity contribution is -0.0589. The van der Waals surface area contributed by atoms with E-state index in [1.165, 1.54) is 6.42 Å². The highest BCUT2D eigenvalue weighted by Gasteiger charge is 2.34. The Morgan fingerprint density at radius 3 is 2.25 bits per heavy atom. The molecule has 4 atom stereocenters. The van der Waals surface area contributed by atoms with E-state index in [1.807, 2.05) is 6.92 Å². The van der Waals surface area contributed by atoms with Crippen LogP contribution in [0.1, 0.15) is 67.7 Å². The molecule has 1 rings (SSSR count). The Bertz CT molecular complexity index is 317. The lowest BCUT2D eigenvalue weighted by Gasteiger charge is -2.37. The Morgan fingerprint density at radius 1 is 1.15 bits per heavy atom. The van der Waals surface area contributed by atoms with Crippen LogP contribution in [0, 0.1) is 23.2 Å². The van der Waals surface area contributed by atoms with Crippen molar-refractivity contribution in [2.75, 3.05) is 0 Å². The molecule has 0 spiro atoms. The first kappa shape index (κ1) is 17.3. The van der Waals surface area contributed by atoms with Gasteiger partial charge >= 0.3 is 6.16 Å². The van der Waals surface area contributed by atoms with Gasteiger partial charge in [0.2, 0.25) is 0 Å². The van der Waals surface area contributed by atoms with Gasteiger partial charge in [-0.05, 0) is 42.9 Å². The summed E-state index contributed by atoms with van der Waals surface area (Å²) in [4.78, 5) is 12.0. The van der Waals surface area contributed by atoms with Gasteiger partial charge in [-0.3, -0.25) is 0 Å². The van der Waals surface area contributed by atoms with E-state index in [9.17, 15) is 4.79 Å². The molecular formula is C17H32O3. The fraction of sp³-hybridized carbons (Fsp3) is 0.941. The fourth-order valence-electron chi connectivity index (χ4n) is 2.72. The number of ether oxygens (including phenoxy) is 2. The summed E-state index contributed by atoms with van der Waals surface area (Å²) < 4.78 is 11.1. The van der Waals surface area contributed by atoms with Crippen LogP contribution in [-0.2, 0) is 9.47 Å². The van der Waals surface area contributed by atoms with E-state index in [2.05, 4.69) is 41.5 Å². The van der Waals surface area contributed by atoms with E-state index in [4.69, 9.17) is 9.47 Å². The summed E-state index contributed by atoms with van der Waals surface area (Å²) in [6, 6.07) is 0. The smallest absolute Gasteiger partial charge is 0.431 e. The SMILES string of the molecule is CC(C)[C@@H]1CC[C@@H](C)C[C@H]1OC(=O)O[C@H](C)C(C)(C)C. The molecule has 0 amide bonds. The van der Waals surface area contributed by atoms with Gasteiger partial charge in [0.1, 0.15) is 12.2 Å². The van der Waals surface area contributed by atoms with Gasteiger partial charge in [-0.15, -0.1) is 0 Å². The predicted octanol–water partition coefficient (Wildman–Crippen LogP) is 5.04. The molecule has 3 nitrogen and oxygen atoms in total. The summed E-state index contributed by atoms with van der Waals surface area (Å²) in [6.45, 7) is 14.8. The third-order valence-corrected chi connectivity index (χ3v) is 4.70. The molecule has 1 aliphatic carbocycles. The quantitative estimate of drug-likeness (QED) is 0.681. The molecule has 0 saturated heterocycles. The van der Waals surface area contributed by atoms with Crippen LogP contribution >= 0.6 is 0 Å². The highest BCUT2D eigenvalue weighted by molar-refractivity contribution is 5.60. The standard InChI is InChI=1S/C17H32O3/c1-11(2)14-9-8-12(3)10-15(14)20-16(18)19-13(4)17(5,6)7/h11-15H,8-10H2,1-7H3/t12-,13-,14+,15-/m1/s1. The third kappa shape index (κ3) is 4.99. The molecule has 20 heavy (non-hydrogen) atoms. The van der Waals surface area contributed by atoms with Crippen molar-refractivity contribution in [3.05, 3.63) is 0 Å². The maximum absolute atomic E-state index is 12.0. The molecule has 0 N–H and O–H groups in total. The third-order valence-electron chi connectivity index (χ3n) is 4.70. The zero-order valence-electron chi connectivity index (χ0n) is 14.2. The summed E-state index contributed by atoms with van der Waals surface area (Å²) in [5.41, 5.74) is -0.0592. The molecular weight excluding hydrogens is 252 g/mol. The van der Waals surface area contributed by atoms with Gasteiger partial charge in [-0.2, -0.15) is 0 Å². The molecule has 1 saturated carbocycles. The van der Waals surface area contributed by atoms with Gasteiger partial charge in [-0.25, -0.2) is 4.79 Å². The van der Waals surface area contributed by atoms with E-state index in [-0.39, 0.29) is 17.6 Å². The van der Waals surface area contributed by atoms with Crippen LogP contribution in [0.2, 0.25) is 0 Å². The van der Waals surface area contributed by atoms with Crippen molar-refractivity contribution in [2.45, 2.75) is 79.9 Å². The summed E-state index contributed by atoms with van der Waals surface area (Å²) in [7, 11) is 0. The number of hydrogen-bond acceptors (Lipinski definition) is 3. The van der Waals surface area contributed by atoms with Crippen LogP contribution < -0.4 is 0 Å². The molecule has 0 heterocycles. The number of carbonyl (C=O) groups is 1. The first-order valence-corrected chi connectivity index (χ1v) is 7.98. The molecule has 3 heteroatoms. The second-order valence-corrected chi connectivity index (χ2v) is 7.86. The Hall–Kier alpha value is -0.730. The zero-order chi connectivity index (χ0) is 15.5. The Kier molecular flexibility index (Phi) is 5.91. The molecule has 118 valence electrons. The van der Waals surface area contributed by atoms with Gasteiger partial charge in [0.15, 0.2) is 0 Å². The Morgan fingerprint density at radius 2 is 1.75 bits per heavy atom. The monoisotopic (exact) mass is 284 g/mol. The minimum atomic E-state index is -0.503. The van der Waals surface area contributed by atoms with E-state index in [0.717, 1.165) is 12.8 Å². The molecule has 0 aromatic rings. The summed E-state index contributed by atoms with van der Waals surface area (Å²) in [5.74, 6) is 1.63. The topological polar surface area (TPSA) is 35.5 Å². The molecule has 0 radical (unpaired) electrons. The van der Waals surface area contributed by atoms with Gasteiger partial charge in [0.25, 0.3) is 0 Å². The van der Waals surface area contributed by atoms with Crippen LogP contribution in [0.5, 0.6) is 0 Å². The lowest BCUT2D eigenvalue weighted by Crippen LogP contribution is -2.37. The molecule has 0 aromatic heterocycles. The molecule has 1 aliphatic rings. The molecule has 0 unspecified atom stereocenters. The maximum Gasteiger partial charge on any atom is 0.508 e. The summed E-state index contributed by atoms with van der Waals surface area (Å²) >= 11 is 0. The fourth-order valence-corrected chi connectivity index (χ4v) is 2.72. The summed E-state index contributed by atoms with van der Waals surface area (Å²) in [6.07, 6.45) is 2.70. The second kappa shape index (κ2) is 6.82. The zero-order valence-corrected chi connectivity index (χ0v) is 14.2. The van der Waals surface area contributed by atoms with Crippen LogP contribution in [0.25, 0.3) is 0 Å². The number of hydrogen-bond donors (Lipinski definition) is 0. The Labute approximate surface area is 124 Å². The van der Waals surface area contributed by atoms with Crippen molar-refractivity contribution in [3.8, 4) is 0 Å². The van der Waals surface area contributed by atoms with Crippen molar-refractivity contribution in [1.82, 2.24) is 0 Å². The van der Waals surface area contributed by atoms with E-state index < -0.39 is 6.16 Å². The van der Waals surface area contributed by atoms with E-state index >= 15 is 0 Å². The van der Waals surface area contributed by atoms with Crippen LogP contribution in [0.3, 0.4) is 0 Å². The molecule has 0 aliphatic heterocycles. The minimum absolute atomic E-state index is 0.0124. The summed E-state index contributed by atoms with van der Waals surface area (Å²) in [5, 5.41) is 0.